The molecular weight excluding hydrogens is 206 g/mol. The van der Waals surface area contributed by atoms with Crippen LogP contribution in [0.4, 0.5) is 0 Å². The summed E-state index contributed by atoms with van der Waals surface area (Å²) < 4.78 is 0.957. The molecule has 0 aliphatic rings. The summed E-state index contributed by atoms with van der Waals surface area (Å²) in [5.41, 5.74) is 0.614. The second-order valence-electron chi connectivity index (χ2n) is 2.01. The molecule has 0 unspecified atom stereocenters. The number of hydrogen-bond acceptors (Lipinski definition) is 1. The molecule has 1 amide bonds. The highest BCUT2D eigenvalue weighted by molar-refractivity contribution is 9.10. The van der Waals surface area contributed by atoms with Crippen molar-refractivity contribution in [2.45, 2.75) is 0 Å². The largest absolute Gasteiger partial charge is 0.350 e. The van der Waals surface area contributed by atoms with E-state index in [1.807, 2.05) is 12.1 Å². The van der Waals surface area contributed by atoms with Crippen molar-refractivity contribution in [2.24, 2.45) is 0 Å². The molecule has 0 aliphatic carbocycles. The molecule has 0 aliphatic heterocycles. The third-order valence-corrected chi connectivity index (χ3v) is 1.80. The molecule has 0 saturated carbocycles. The van der Waals surface area contributed by atoms with Crippen molar-refractivity contribution in [1.82, 2.24) is 5.32 Å². The normalized spacial score (nSPS) is 9.27. The van der Waals surface area contributed by atoms with Crippen LogP contribution in [0.1, 0.15) is 10.4 Å². The van der Waals surface area contributed by atoms with Crippen molar-refractivity contribution in [1.29, 1.82) is 0 Å². The van der Waals surface area contributed by atoms with Crippen LogP contribution in [0, 0.1) is 7.05 Å². The van der Waals surface area contributed by atoms with E-state index >= 15 is 0 Å². The Morgan fingerprint density at radius 2 is 1.91 bits per heavy atom. The van der Waals surface area contributed by atoms with Gasteiger partial charge in [-0.1, -0.05) is 15.9 Å². The van der Waals surface area contributed by atoms with Crippen molar-refractivity contribution in [3.05, 3.63) is 41.3 Å². The van der Waals surface area contributed by atoms with Crippen LogP contribution in [0.5, 0.6) is 0 Å². The first-order chi connectivity index (χ1) is 5.24. The predicted octanol–water partition coefficient (Wildman–Crippen LogP) is 1.97. The van der Waals surface area contributed by atoms with Crippen LogP contribution in [-0.4, -0.2) is 5.91 Å². The summed E-state index contributed by atoms with van der Waals surface area (Å²) in [6, 6.07) is 7.07. The smallest absolute Gasteiger partial charge is 0.251 e. The van der Waals surface area contributed by atoms with Gasteiger partial charge in [0.1, 0.15) is 0 Å². The van der Waals surface area contributed by atoms with Crippen LogP contribution >= 0.6 is 15.9 Å². The quantitative estimate of drug-likeness (QED) is 0.759. The van der Waals surface area contributed by atoms with E-state index < -0.39 is 0 Å². The zero-order valence-corrected chi connectivity index (χ0v) is 7.39. The molecule has 0 spiro atoms. The van der Waals surface area contributed by atoms with Gasteiger partial charge in [0.2, 0.25) is 0 Å². The van der Waals surface area contributed by atoms with E-state index in [0.717, 1.165) is 4.47 Å². The van der Waals surface area contributed by atoms with E-state index in [0.29, 0.717) is 5.56 Å². The summed E-state index contributed by atoms with van der Waals surface area (Å²) in [7, 11) is 3.27. The Morgan fingerprint density at radius 3 is 2.36 bits per heavy atom. The monoisotopic (exact) mass is 212 g/mol. The van der Waals surface area contributed by atoms with Gasteiger partial charge in [0.15, 0.2) is 0 Å². The lowest BCUT2D eigenvalue weighted by Crippen LogP contribution is -2.14. The topological polar surface area (TPSA) is 29.1 Å². The van der Waals surface area contributed by atoms with E-state index in [4.69, 9.17) is 0 Å². The Hall–Kier alpha value is -0.830. The third-order valence-electron chi connectivity index (χ3n) is 1.27. The van der Waals surface area contributed by atoms with Gasteiger partial charge >= 0.3 is 0 Å². The fourth-order valence-electron chi connectivity index (χ4n) is 0.703. The molecule has 0 aromatic heterocycles. The van der Waals surface area contributed by atoms with Gasteiger partial charge < -0.3 is 5.32 Å². The first-order valence-corrected chi connectivity index (χ1v) is 3.86. The summed E-state index contributed by atoms with van der Waals surface area (Å²) in [5.74, 6) is -0.169. The molecular formula is C8H7BrNO. The maximum atomic E-state index is 10.9. The van der Waals surface area contributed by atoms with Gasteiger partial charge in [-0.25, -0.2) is 0 Å². The molecule has 0 heterocycles. The Kier molecular flexibility index (Phi) is 2.65. The van der Waals surface area contributed by atoms with Crippen molar-refractivity contribution in [3.63, 3.8) is 0 Å². The molecule has 11 heavy (non-hydrogen) atoms. The molecule has 1 aromatic rings. The summed E-state index contributed by atoms with van der Waals surface area (Å²) in [6.07, 6.45) is 0. The molecule has 0 atom stereocenters. The van der Waals surface area contributed by atoms with Crippen LogP contribution in [0.25, 0.3) is 0 Å². The van der Waals surface area contributed by atoms with Crippen LogP contribution in [-0.2, 0) is 0 Å². The van der Waals surface area contributed by atoms with Crippen LogP contribution < -0.4 is 5.32 Å². The minimum Gasteiger partial charge on any atom is -0.350 e. The van der Waals surface area contributed by atoms with Gasteiger partial charge in [-0.15, -0.1) is 0 Å². The van der Waals surface area contributed by atoms with E-state index in [1.54, 1.807) is 12.1 Å². The molecule has 0 saturated heterocycles. The second-order valence-corrected chi connectivity index (χ2v) is 2.93. The van der Waals surface area contributed by atoms with Crippen molar-refractivity contribution < 1.29 is 4.79 Å². The number of carbonyl (C=O) groups excluding carboxylic acids is 1. The standard InChI is InChI=1S/C8H7BrNO/c1-10-8(11)6-2-4-7(9)5-3-6/h2-5H,1H2,(H,10,11). The maximum absolute atomic E-state index is 10.9. The highest BCUT2D eigenvalue weighted by Crippen LogP contribution is 2.09. The molecule has 1 rings (SSSR count). The number of benzene rings is 1. The van der Waals surface area contributed by atoms with Crippen LogP contribution in [0.15, 0.2) is 28.7 Å². The lowest BCUT2D eigenvalue weighted by atomic mass is 10.2. The van der Waals surface area contributed by atoms with Crippen LogP contribution in [0.2, 0.25) is 0 Å². The Morgan fingerprint density at radius 1 is 1.36 bits per heavy atom. The Labute approximate surface area is 73.7 Å². The molecule has 0 bridgehead atoms. The molecule has 1 radical (unpaired) electrons. The molecule has 1 N–H and O–H groups in total. The van der Waals surface area contributed by atoms with Crippen molar-refractivity contribution >= 4 is 21.8 Å². The Bertz CT molecular complexity index is 255. The summed E-state index contributed by atoms with van der Waals surface area (Å²) in [4.78, 5) is 10.9. The number of hydrogen-bond donors (Lipinski definition) is 1. The highest BCUT2D eigenvalue weighted by Gasteiger charge is 2.00. The molecule has 2 nitrogen and oxygen atoms in total. The van der Waals surface area contributed by atoms with E-state index in [1.165, 1.54) is 0 Å². The lowest BCUT2D eigenvalue weighted by molar-refractivity contribution is 0.0969. The zero-order valence-electron chi connectivity index (χ0n) is 5.80. The number of amides is 1. The molecule has 3 heteroatoms. The minimum absolute atomic E-state index is 0.169. The van der Waals surface area contributed by atoms with Gasteiger partial charge in [0.05, 0.1) is 0 Å². The summed E-state index contributed by atoms with van der Waals surface area (Å²) >= 11 is 3.27. The number of nitrogens with one attached hydrogen (secondary N) is 1. The first kappa shape index (κ1) is 8.27. The number of carbonyl (C=O) groups is 1. The highest BCUT2D eigenvalue weighted by atomic mass is 79.9. The van der Waals surface area contributed by atoms with Gasteiger partial charge in [-0.2, -0.15) is 0 Å². The fraction of sp³-hybridized carbons (Fsp3) is 0. The zero-order chi connectivity index (χ0) is 8.27. The van der Waals surface area contributed by atoms with Gasteiger partial charge in [0, 0.05) is 17.1 Å². The Balaban J connectivity index is 2.90. The van der Waals surface area contributed by atoms with Gasteiger partial charge in [0.25, 0.3) is 5.91 Å². The van der Waals surface area contributed by atoms with Gasteiger partial charge in [-0.3, -0.25) is 4.79 Å². The maximum Gasteiger partial charge on any atom is 0.251 e. The van der Waals surface area contributed by atoms with E-state index in [9.17, 15) is 4.79 Å². The first-order valence-electron chi connectivity index (χ1n) is 3.07. The summed E-state index contributed by atoms with van der Waals surface area (Å²) in [6.45, 7) is 0. The van der Waals surface area contributed by atoms with Crippen LogP contribution in [0.3, 0.4) is 0 Å². The number of halogens is 1. The van der Waals surface area contributed by atoms with Crippen molar-refractivity contribution in [2.75, 3.05) is 0 Å². The van der Waals surface area contributed by atoms with Crippen molar-refractivity contribution in [3.8, 4) is 0 Å². The minimum atomic E-state index is -0.169. The molecule has 57 valence electrons. The van der Waals surface area contributed by atoms with E-state index in [2.05, 4.69) is 28.3 Å². The lowest BCUT2D eigenvalue weighted by Gasteiger charge is -1.97. The second kappa shape index (κ2) is 3.53. The predicted molar refractivity (Wildman–Crippen MR) is 47.0 cm³/mol. The third kappa shape index (κ3) is 2.05. The molecule has 0 fully saturated rings. The SMILES string of the molecule is [CH2]NC(=O)c1ccc(Br)cc1. The fourth-order valence-corrected chi connectivity index (χ4v) is 0.968. The molecule has 1 aromatic carbocycles. The average Bonchev–Trinajstić information content (AvgIpc) is 2.05. The number of rotatable bonds is 1. The van der Waals surface area contributed by atoms with E-state index in [-0.39, 0.29) is 5.91 Å². The summed E-state index contributed by atoms with van der Waals surface area (Å²) in [5, 5.41) is 2.30. The average molecular weight is 213 g/mol. The van der Waals surface area contributed by atoms with Gasteiger partial charge in [-0.05, 0) is 24.3 Å².